The van der Waals surface area contributed by atoms with Crippen molar-refractivity contribution in [3.63, 3.8) is 0 Å². The van der Waals surface area contributed by atoms with Crippen molar-refractivity contribution in [3.05, 3.63) is 53.1 Å². The van der Waals surface area contributed by atoms with Gasteiger partial charge in [-0.05, 0) is 63.1 Å². The maximum absolute atomic E-state index is 12.7. The van der Waals surface area contributed by atoms with Crippen LogP contribution in [-0.4, -0.2) is 50.7 Å². The number of hydrogen-bond acceptors (Lipinski definition) is 5. The van der Waals surface area contributed by atoms with E-state index in [1.165, 1.54) is 50.1 Å². The maximum atomic E-state index is 12.7. The predicted octanol–water partition coefficient (Wildman–Crippen LogP) is 2.33. The molecule has 0 aromatic heterocycles. The maximum Gasteiger partial charge on any atom is 0.243 e. The van der Waals surface area contributed by atoms with Crippen LogP contribution in [0.25, 0.3) is 0 Å². The molecule has 1 atom stereocenters. The van der Waals surface area contributed by atoms with Crippen molar-refractivity contribution in [2.75, 3.05) is 24.2 Å². The second kappa shape index (κ2) is 10.6. The van der Waals surface area contributed by atoms with Gasteiger partial charge >= 0.3 is 0 Å². The van der Waals surface area contributed by atoms with Crippen LogP contribution in [0.15, 0.2) is 41.3 Å². The predicted molar refractivity (Wildman–Crippen MR) is 127 cm³/mol. The lowest BCUT2D eigenvalue weighted by Gasteiger charge is -2.22. The van der Waals surface area contributed by atoms with Gasteiger partial charge in [0.25, 0.3) is 0 Å². The van der Waals surface area contributed by atoms with Crippen molar-refractivity contribution in [1.29, 1.82) is 0 Å². The number of carbonyl (C=O) groups excluding carboxylic acids is 3. The van der Waals surface area contributed by atoms with Crippen LogP contribution in [0, 0.1) is 20.8 Å². The zero-order chi connectivity index (χ0) is 24.9. The number of hydrogen-bond donors (Lipinski definition) is 3. The highest BCUT2D eigenvalue weighted by Crippen LogP contribution is 2.22. The molecule has 3 N–H and O–H groups in total. The number of benzene rings is 2. The molecule has 0 aliphatic rings. The van der Waals surface area contributed by atoms with Gasteiger partial charge in [0.2, 0.25) is 27.7 Å². The lowest BCUT2D eigenvalue weighted by atomic mass is 10.1. The minimum atomic E-state index is -3.99. The van der Waals surface area contributed by atoms with Gasteiger partial charge in [0.05, 0.1) is 17.5 Å². The standard InChI is InChI=1S/C23H30N4O5S/c1-14-11-15(2)22(16(3)12-14)25-21(29)13-27(6)23(30)17(4)26-33(31,32)20-9-7-19(8-10-20)24-18(5)28/h7-12,17,26H,13H2,1-6H3,(H,24,28)(H,25,29)/t17-/m0/s1. The Kier molecular flexibility index (Phi) is 8.34. The van der Waals surface area contributed by atoms with Gasteiger partial charge in [-0.25, -0.2) is 8.42 Å². The summed E-state index contributed by atoms with van der Waals surface area (Å²) in [6.45, 7) is 8.28. The Balaban J connectivity index is 2.00. The van der Waals surface area contributed by atoms with Crippen molar-refractivity contribution >= 4 is 39.1 Å². The summed E-state index contributed by atoms with van der Waals surface area (Å²) in [6.07, 6.45) is 0. The van der Waals surface area contributed by atoms with Crippen molar-refractivity contribution in [3.8, 4) is 0 Å². The number of aryl methyl sites for hydroxylation is 3. The van der Waals surface area contributed by atoms with E-state index in [1.807, 2.05) is 32.9 Å². The highest BCUT2D eigenvalue weighted by Gasteiger charge is 2.25. The SMILES string of the molecule is CC(=O)Nc1ccc(S(=O)(=O)N[C@@H](C)C(=O)N(C)CC(=O)Nc2c(C)cc(C)cc2C)cc1. The van der Waals surface area contributed by atoms with Crippen LogP contribution in [-0.2, 0) is 24.4 Å². The quantitative estimate of drug-likeness (QED) is 0.542. The van der Waals surface area contributed by atoms with E-state index >= 15 is 0 Å². The molecule has 2 aromatic rings. The smallest absolute Gasteiger partial charge is 0.243 e. The van der Waals surface area contributed by atoms with Crippen LogP contribution in [0.1, 0.15) is 30.5 Å². The zero-order valence-electron chi connectivity index (χ0n) is 19.6. The minimum Gasteiger partial charge on any atom is -0.335 e. The Bertz CT molecular complexity index is 1140. The molecule has 0 radical (unpaired) electrons. The lowest BCUT2D eigenvalue weighted by molar-refractivity contribution is -0.134. The van der Waals surface area contributed by atoms with Gasteiger partial charge in [-0.3, -0.25) is 14.4 Å². The Labute approximate surface area is 194 Å². The number of carbonyl (C=O) groups is 3. The van der Waals surface area contributed by atoms with Crippen LogP contribution in [0.2, 0.25) is 0 Å². The molecule has 0 heterocycles. The molecule has 2 aromatic carbocycles. The zero-order valence-corrected chi connectivity index (χ0v) is 20.5. The molecule has 33 heavy (non-hydrogen) atoms. The molecule has 0 aliphatic heterocycles. The number of likely N-dealkylation sites (N-methyl/N-ethyl adjacent to an activating group) is 1. The Morgan fingerprint density at radius 3 is 2.03 bits per heavy atom. The first kappa shape index (κ1) is 26.0. The monoisotopic (exact) mass is 474 g/mol. The first-order valence-corrected chi connectivity index (χ1v) is 11.8. The average Bonchev–Trinajstić information content (AvgIpc) is 2.69. The highest BCUT2D eigenvalue weighted by atomic mass is 32.2. The second-order valence-electron chi connectivity index (χ2n) is 8.06. The number of rotatable bonds is 8. The fourth-order valence-electron chi connectivity index (χ4n) is 3.45. The lowest BCUT2D eigenvalue weighted by Crippen LogP contribution is -2.47. The summed E-state index contributed by atoms with van der Waals surface area (Å²) >= 11 is 0. The van der Waals surface area contributed by atoms with Gasteiger partial charge in [-0.1, -0.05) is 17.7 Å². The van der Waals surface area contributed by atoms with Gasteiger partial charge in [0.1, 0.15) is 0 Å². The van der Waals surface area contributed by atoms with E-state index < -0.39 is 22.0 Å². The van der Waals surface area contributed by atoms with E-state index in [4.69, 9.17) is 0 Å². The Morgan fingerprint density at radius 2 is 1.52 bits per heavy atom. The molecule has 9 nitrogen and oxygen atoms in total. The number of nitrogens with zero attached hydrogens (tertiary/aromatic N) is 1. The van der Waals surface area contributed by atoms with E-state index in [-0.39, 0.29) is 23.3 Å². The van der Waals surface area contributed by atoms with Crippen molar-refractivity contribution in [2.24, 2.45) is 0 Å². The van der Waals surface area contributed by atoms with E-state index in [2.05, 4.69) is 15.4 Å². The number of nitrogens with one attached hydrogen (secondary N) is 3. The third-order valence-electron chi connectivity index (χ3n) is 4.89. The van der Waals surface area contributed by atoms with E-state index in [0.717, 1.165) is 16.7 Å². The molecule has 10 heteroatoms. The van der Waals surface area contributed by atoms with Crippen LogP contribution < -0.4 is 15.4 Å². The third kappa shape index (κ3) is 7.13. The van der Waals surface area contributed by atoms with Crippen LogP contribution >= 0.6 is 0 Å². The summed E-state index contributed by atoms with van der Waals surface area (Å²) < 4.78 is 27.6. The van der Waals surface area contributed by atoms with Gasteiger partial charge in [0.15, 0.2) is 0 Å². The van der Waals surface area contributed by atoms with Gasteiger partial charge in [-0.2, -0.15) is 4.72 Å². The van der Waals surface area contributed by atoms with Crippen LogP contribution in [0.3, 0.4) is 0 Å². The van der Waals surface area contributed by atoms with Crippen LogP contribution in [0.4, 0.5) is 11.4 Å². The summed E-state index contributed by atoms with van der Waals surface area (Å²) in [5, 5.41) is 5.37. The number of sulfonamides is 1. The van der Waals surface area contributed by atoms with Crippen molar-refractivity contribution in [1.82, 2.24) is 9.62 Å². The minimum absolute atomic E-state index is 0.0537. The largest absolute Gasteiger partial charge is 0.335 e. The summed E-state index contributed by atoms with van der Waals surface area (Å²) in [4.78, 5) is 37.4. The molecule has 0 bridgehead atoms. The fraction of sp³-hybridized carbons (Fsp3) is 0.348. The van der Waals surface area contributed by atoms with Crippen molar-refractivity contribution in [2.45, 2.75) is 45.6 Å². The van der Waals surface area contributed by atoms with Gasteiger partial charge in [0, 0.05) is 25.3 Å². The van der Waals surface area contributed by atoms with E-state index in [0.29, 0.717) is 11.4 Å². The molecule has 178 valence electrons. The Hall–Kier alpha value is -3.24. The van der Waals surface area contributed by atoms with E-state index in [9.17, 15) is 22.8 Å². The molecule has 0 spiro atoms. The second-order valence-corrected chi connectivity index (χ2v) is 9.78. The fourth-order valence-corrected chi connectivity index (χ4v) is 4.65. The average molecular weight is 475 g/mol. The molecule has 3 amide bonds. The first-order valence-electron chi connectivity index (χ1n) is 10.3. The summed E-state index contributed by atoms with van der Waals surface area (Å²) in [5.41, 5.74) is 4.07. The molecule has 0 saturated heterocycles. The van der Waals surface area contributed by atoms with Gasteiger partial charge < -0.3 is 15.5 Å². The topological polar surface area (TPSA) is 125 Å². The summed E-state index contributed by atoms with van der Waals surface area (Å²) in [5.74, 6) is -1.21. The summed E-state index contributed by atoms with van der Waals surface area (Å²) in [7, 11) is -2.55. The first-order chi connectivity index (χ1) is 15.3. The molecule has 0 aliphatic carbocycles. The van der Waals surface area contributed by atoms with Crippen LogP contribution in [0.5, 0.6) is 0 Å². The normalized spacial score (nSPS) is 12.1. The van der Waals surface area contributed by atoms with Crippen molar-refractivity contribution < 1.29 is 22.8 Å². The molecule has 0 saturated carbocycles. The molecular formula is C23H30N4O5S. The Morgan fingerprint density at radius 1 is 0.970 bits per heavy atom. The van der Waals surface area contributed by atoms with E-state index in [1.54, 1.807) is 0 Å². The van der Waals surface area contributed by atoms with Gasteiger partial charge in [-0.15, -0.1) is 0 Å². The molecular weight excluding hydrogens is 444 g/mol. The molecule has 0 unspecified atom stereocenters. The third-order valence-corrected chi connectivity index (χ3v) is 6.44. The number of anilines is 2. The molecule has 2 rings (SSSR count). The molecule has 0 fully saturated rings. The summed E-state index contributed by atoms with van der Waals surface area (Å²) in [6, 6.07) is 8.38. The highest BCUT2D eigenvalue weighted by molar-refractivity contribution is 7.89. The number of amides is 3.